The van der Waals surface area contributed by atoms with E-state index in [1.54, 1.807) is 0 Å². The minimum absolute atomic E-state index is 0.0312. The van der Waals surface area contributed by atoms with Crippen molar-refractivity contribution in [2.75, 3.05) is 26.3 Å². The Morgan fingerprint density at radius 1 is 1.33 bits per heavy atom. The Kier molecular flexibility index (Phi) is 3.72. The lowest BCUT2D eigenvalue weighted by atomic mass is 10.3. The van der Waals surface area contributed by atoms with E-state index in [9.17, 15) is 0 Å². The minimum atomic E-state index is 0.0312. The van der Waals surface area contributed by atoms with Crippen LogP contribution in [0.1, 0.15) is 6.42 Å². The first-order valence-corrected chi connectivity index (χ1v) is 5.39. The molecule has 1 heterocycles. The first kappa shape index (κ1) is 10.6. The van der Waals surface area contributed by atoms with E-state index >= 15 is 0 Å². The van der Waals surface area contributed by atoms with Gasteiger partial charge in [-0.1, -0.05) is 24.3 Å². The van der Waals surface area contributed by atoms with E-state index in [-0.39, 0.29) is 12.7 Å². The van der Waals surface area contributed by atoms with Gasteiger partial charge >= 0.3 is 0 Å². The molecule has 1 saturated heterocycles. The van der Waals surface area contributed by atoms with Gasteiger partial charge in [0.05, 0.1) is 19.3 Å². The number of aliphatic hydroxyl groups is 1. The second-order valence-corrected chi connectivity index (χ2v) is 3.87. The predicted molar refractivity (Wildman–Crippen MR) is 59.6 cm³/mol. The largest absolute Gasteiger partial charge is 0.394 e. The molecule has 1 unspecified atom stereocenters. The summed E-state index contributed by atoms with van der Waals surface area (Å²) in [4.78, 5) is 0. The van der Waals surface area contributed by atoms with Gasteiger partial charge in [-0.3, -0.25) is 0 Å². The summed E-state index contributed by atoms with van der Waals surface area (Å²) in [6, 6.07) is 0. The van der Waals surface area contributed by atoms with Crippen molar-refractivity contribution in [3.8, 4) is 0 Å². The average Bonchev–Trinajstić information content (AvgIpc) is 2.95. The fourth-order valence-electron chi connectivity index (χ4n) is 1.75. The lowest BCUT2D eigenvalue weighted by Crippen LogP contribution is -2.40. The van der Waals surface area contributed by atoms with Gasteiger partial charge in [-0.25, -0.2) is 0 Å². The van der Waals surface area contributed by atoms with Crippen LogP contribution in [0.3, 0.4) is 0 Å². The SMILES string of the molecule is C1=CC2=CC=C1C2.OCC1CNCCO1. The lowest BCUT2D eigenvalue weighted by molar-refractivity contribution is -0.00618. The van der Waals surface area contributed by atoms with E-state index in [0.29, 0.717) is 0 Å². The molecule has 0 saturated carbocycles. The Balaban J connectivity index is 0.000000114. The van der Waals surface area contributed by atoms with Crippen molar-refractivity contribution in [2.24, 2.45) is 0 Å². The molecule has 2 aliphatic carbocycles. The van der Waals surface area contributed by atoms with Crippen molar-refractivity contribution < 1.29 is 9.84 Å². The summed E-state index contributed by atoms with van der Waals surface area (Å²) >= 11 is 0. The quantitative estimate of drug-likeness (QED) is 0.667. The minimum Gasteiger partial charge on any atom is -0.394 e. The molecular weight excluding hydrogens is 190 g/mol. The highest BCUT2D eigenvalue weighted by molar-refractivity contribution is 5.49. The maximum Gasteiger partial charge on any atom is 0.0930 e. The molecule has 3 aliphatic rings. The van der Waals surface area contributed by atoms with Crippen LogP contribution in [0, 0.1) is 0 Å². The van der Waals surface area contributed by atoms with Gasteiger partial charge in [-0.2, -0.15) is 0 Å². The molecule has 1 fully saturated rings. The van der Waals surface area contributed by atoms with E-state index in [1.165, 1.54) is 17.6 Å². The summed E-state index contributed by atoms with van der Waals surface area (Å²) in [6.07, 6.45) is 9.93. The van der Waals surface area contributed by atoms with E-state index in [2.05, 4.69) is 29.6 Å². The molecule has 0 aromatic carbocycles. The van der Waals surface area contributed by atoms with Crippen molar-refractivity contribution in [1.82, 2.24) is 5.32 Å². The highest BCUT2D eigenvalue weighted by atomic mass is 16.5. The third kappa shape index (κ3) is 3.02. The van der Waals surface area contributed by atoms with Gasteiger partial charge in [0.15, 0.2) is 0 Å². The molecule has 0 aromatic heterocycles. The smallest absolute Gasteiger partial charge is 0.0930 e. The average molecular weight is 207 g/mol. The molecule has 3 nitrogen and oxygen atoms in total. The number of fused-ring (bicyclic) bond motifs is 2. The molecule has 2 bridgehead atoms. The number of ether oxygens (including phenoxy) is 1. The zero-order chi connectivity index (χ0) is 10.5. The van der Waals surface area contributed by atoms with Crippen LogP contribution in [-0.4, -0.2) is 37.5 Å². The fourth-order valence-corrected chi connectivity index (χ4v) is 1.75. The number of aliphatic hydroxyl groups excluding tert-OH is 1. The van der Waals surface area contributed by atoms with Gasteiger partial charge in [0.25, 0.3) is 0 Å². The summed E-state index contributed by atoms with van der Waals surface area (Å²) < 4.78 is 5.11. The standard InChI is InChI=1S/C7H6.C5H11NO2/c1-2-7-4-3-6(1)5-7;7-4-5-3-6-1-2-8-5/h1-4H,5H2;5-7H,1-4H2. The Labute approximate surface area is 90.1 Å². The summed E-state index contributed by atoms with van der Waals surface area (Å²) in [5, 5.41) is 11.6. The first-order chi connectivity index (χ1) is 7.38. The molecule has 2 N–H and O–H groups in total. The van der Waals surface area contributed by atoms with E-state index in [1.807, 2.05) is 0 Å². The molecule has 1 aliphatic heterocycles. The van der Waals surface area contributed by atoms with Crippen molar-refractivity contribution in [3.05, 3.63) is 35.5 Å². The molecule has 0 radical (unpaired) electrons. The van der Waals surface area contributed by atoms with Crippen LogP contribution in [0.5, 0.6) is 0 Å². The summed E-state index contributed by atoms with van der Waals surface area (Å²) in [7, 11) is 0. The highest BCUT2D eigenvalue weighted by Crippen LogP contribution is 2.27. The zero-order valence-electron chi connectivity index (χ0n) is 8.78. The molecule has 3 rings (SSSR count). The molecule has 3 heteroatoms. The summed E-state index contributed by atoms with van der Waals surface area (Å²) in [5.74, 6) is 0. The monoisotopic (exact) mass is 207 g/mol. The lowest BCUT2D eigenvalue weighted by Gasteiger charge is -2.21. The first-order valence-electron chi connectivity index (χ1n) is 5.39. The third-order valence-electron chi connectivity index (χ3n) is 2.64. The molecule has 82 valence electrons. The molecule has 0 amide bonds. The van der Waals surface area contributed by atoms with Crippen molar-refractivity contribution >= 4 is 0 Å². The predicted octanol–water partition coefficient (Wildman–Crippen LogP) is 0.780. The van der Waals surface area contributed by atoms with Crippen molar-refractivity contribution in [2.45, 2.75) is 12.5 Å². The van der Waals surface area contributed by atoms with Crippen molar-refractivity contribution in [1.29, 1.82) is 0 Å². The van der Waals surface area contributed by atoms with Gasteiger partial charge in [0.1, 0.15) is 0 Å². The number of hydrogen-bond donors (Lipinski definition) is 2. The van der Waals surface area contributed by atoms with E-state index < -0.39 is 0 Å². The highest BCUT2D eigenvalue weighted by Gasteiger charge is 2.10. The Morgan fingerprint density at radius 2 is 2.07 bits per heavy atom. The number of hydrogen-bond acceptors (Lipinski definition) is 3. The van der Waals surface area contributed by atoms with Gasteiger partial charge in [0.2, 0.25) is 0 Å². The van der Waals surface area contributed by atoms with Crippen LogP contribution >= 0.6 is 0 Å². The number of allylic oxidation sites excluding steroid dienone is 6. The molecule has 1 atom stereocenters. The van der Waals surface area contributed by atoms with Gasteiger partial charge in [-0.15, -0.1) is 0 Å². The number of morpholine rings is 1. The summed E-state index contributed by atoms with van der Waals surface area (Å²) in [5.41, 5.74) is 2.94. The maximum atomic E-state index is 8.53. The van der Waals surface area contributed by atoms with Gasteiger partial charge in [-0.05, 0) is 17.6 Å². The topological polar surface area (TPSA) is 41.5 Å². The second-order valence-electron chi connectivity index (χ2n) is 3.87. The second kappa shape index (κ2) is 5.26. The normalized spacial score (nSPS) is 26.9. The van der Waals surface area contributed by atoms with Crippen LogP contribution < -0.4 is 5.32 Å². The van der Waals surface area contributed by atoms with Gasteiger partial charge < -0.3 is 15.2 Å². The van der Waals surface area contributed by atoms with Crippen LogP contribution in [0.4, 0.5) is 0 Å². The fraction of sp³-hybridized carbons (Fsp3) is 0.500. The number of rotatable bonds is 1. The molecule has 0 spiro atoms. The molecule has 15 heavy (non-hydrogen) atoms. The van der Waals surface area contributed by atoms with Crippen LogP contribution in [-0.2, 0) is 4.74 Å². The van der Waals surface area contributed by atoms with Crippen molar-refractivity contribution in [3.63, 3.8) is 0 Å². The van der Waals surface area contributed by atoms with Crippen LogP contribution in [0.25, 0.3) is 0 Å². The molecular formula is C12H17NO2. The Hall–Kier alpha value is -0.900. The summed E-state index contributed by atoms with van der Waals surface area (Å²) in [6.45, 7) is 2.56. The zero-order valence-corrected chi connectivity index (χ0v) is 8.78. The molecule has 0 aromatic rings. The van der Waals surface area contributed by atoms with E-state index in [0.717, 1.165) is 19.7 Å². The Bertz CT molecular complexity index is 279. The van der Waals surface area contributed by atoms with Crippen LogP contribution in [0.15, 0.2) is 35.5 Å². The number of nitrogens with one attached hydrogen (secondary N) is 1. The van der Waals surface area contributed by atoms with Gasteiger partial charge in [0, 0.05) is 13.1 Å². The Morgan fingerprint density at radius 3 is 2.33 bits per heavy atom. The maximum absolute atomic E-state index is 8.53. The van der Waals surface area contributed by atoms with Crippen LogP contribution in [0.2, 0.25) is 0 Å². The third-order valence-corrected chi connectivity index (χ3v) is 2.64. The van der Waals surface area contributed by atoms with E-state index in [4.69, 9.17) is 9.84 Å².